The summed E-state index contributed by atoms with van der Waals surface area (Å²) < 4.78 is 5.11. The smallest absolute Gasteiger partial charge is 0.348 e. The molecular formula is C19H19NO4. The first kappa shape index (κ1) is 16.2. The SMILES string of the molecule is O=C(COC(=O)C(O)(c1ccccc1)c1ccccc1)NC1CC1. The summed E-state index contributed by atoms with van der Waals surface area (Å²) in [6.45, 7) is -0.405. The fraction of sp³-hybridized carbons (Fsp3) is 0.263. The maximum atomic E-state index is 12.6. The second kappa shape index (κ2) is 6.84. The Hall–Kier alpha value is -2.66. The van der Waals surface area contributed by atoms with Gasteiger partial charge in [-0.2, -0.15) is 0 Å². The Morgan fingerprint density at radius 2 is 1.50 bits per heavy atom. The summed E-state index contributed by atoms with van der Waals surface area (Å²) in [5.74, 6) is -1.22. The van der Waals surface area contributed by atoms with Crippen LogP contribution in [0.3, 0.4) is 0 Å². The zero-order chi connectivity index (χ0) is 17.0. The lowest BCUT2D eigenvalue weighted by Crippen LogP contribution is -2.40. The molecule has 2 N–H and O–H groups in total. The Kier molecular flexibility index (Phi) is 4.62. The van der Waals surface area contributed by atoms with E-state index in [1.54, 1.807) is 60.7 Å². The number of rotatable bonds is 6. The number of benzene rings is 2. The summed E-state index contributed by atoms with van der Waals surface area (Å²) in [7, 11) is 0. The molecule has 1 aliphatic carbocycles. The minimum atomic E-state index is -1.96. The molecule has 0 saturated heterocycles. The third-order valence-corrected chi connectivity index (χ3v) is 3.96. The maximum Gasteiger partial charge on any atom is 0.348 e. The van der Waals surface area contributed by atoms with Crippen molar-refractivity contribution in [2.24, 2.45) is 0 Å². The summed E-state index contributed by atoms with van der Waals surface area (Å²) in [5.41, 5.74) is -1.17. The van der Waals surface area contributed by atoms with Gasteiger partial charge in [0.15, 0.2) is 6.61 Å². The largest absolute Gasteiger partial charge is 0.453 e. The van der Waals surface area contributed by atoms with Gasteiger partial charge in [-0.3, -0.25) is 4.79 Å². The summed E-state index contributed by atoms with van der Waals surface area (Å²) >= 11 is 0. The van der Waals surface area contributed by atoms with Crippen LogP contribution in [0.2, 0.25) is 0 Å². The van der Waals surface area contributed by atoms with Gasteiger partial charge in [0.05, 0.1) is 0 Å². The highest BCUT2D eigenvalue weighted by atomic mass is 16.6. The molecule has 5 heteroatoms. The topological polar surface area (TPSA) is 75.6 Å². The van der Waals surface area contributed by atoms with E-state index in [-0.39, 0.29) is 11.9 Å². The van der Waals surface area contributed by atoms with Crippen LogP contribution < -0.4 is 5.32 Å². The highest BCUT2D eigenvalue weighted by Crippen LogP contribution is 2.31. The summed E-state index contributed by atoms with van der Waals surface area (Å²) in [6.07, 6.45) is 1.91. The molecule has 0 spiro atoms. The van der Waals surface area contributed by atoms with E-state index in [4.69, 9.17) is 4.74 Å². The highest BCUT2D eigenvalue weighted by Gasteiger charge is 2.42. The number of esters is 1. The molecule has 1 aliphatic rings. The minimum Gasteiger partial charge on any atom is -0.453 e. The normalized spacial score (nSPS) is 14.0. The van der Waals surface area contributed by atoms with Crippen LogP contribution in [0, 0.1) is 0 Å². The van der Waals surface area contributed by atoms with Crippen molar-refractivity contribution in [3.63, 3.8) is 0 Å². The molecule has 0 radical (unpaired) electrons. The molecule has 3 rings (SSSR count). The van der Waals surface area contributed by atoms with Gasteiger partial charge in [0.2, 0.25) is 5.60 Å². The molecule has 0 atom stereocenters. The molecular weight excluding hydrogens is 306 g/mol. The Bertz CT molecular complexity index is 671. The Labute approximate surface area is 140 Å². The summed E-state index contributed by atoms with van der Waals surface area (Å²) in [4.78, 5) is 24.3. The lowest BCUT2D eigenvalue weighted by molar-refractivity contribution is -0.164. The van der Waals surface area contributed by atoms with Crippen molar-refractivity contribution in [2.45, 2.75) is 24.5 Å². The molecule has 0 aliphatic heterocycles. The van der Waals surface area contributed by atoms with Gasteiger partial charge in [0.25, 0.3) is 5.91 Å². The van der Waals surface area contributed by atoms with Gasteiger partial charge >= 0.3 is 5.97 Å². The Morgan fingerprint density at radius 1 is 1.00 bits per heavy atom. The van der Waals surface area contributed by atoms with Gasteiger partial charge in [-0.05, 0) is 24.0 Å². The standard InChI is InChI=1S/C19H19NO4/c21-17(20-16-11-12-16)13-24-18(22)19(23,14-7-3-1-4-8-14)15-9-5-2-6-10-15/h1-10,16,23H,11-13H2,(H,20,21). The lowest BCUT2D eigenvalue weighted by atomic mass is 9.86. The lowest BCUT2D eigenvalue weighted by Gasteiger charge is -2.26. The molecule has 0 heterocycles. The van der Waals surface area contributed by atoms with Gasteiger partial charge in [-0.15, -0.1) is 0 Å². The van der Waals surface area contributed by atoms with E-state index in [1.807, 2.05) is 0 Å². The average molecular weight is 325 g/mol. The predicted octanol–water partition coefficient (Wildman–Crippen LogP) is 1.74. The first-order valence-corrected chi connectivity index (χ1v) is 7.90. The molecule has 1 saturated carbocycles. The van der Waals surface area contributed by atoms with Gasteiger partial charge in [-0.25, -0.2) is 4.79 Å². The zero-order valence-corrected chi connectivity index (χ0v) is 13.1. The number of ether oxygens (including phenoxy) is 1. The number of carbonyl (C=O) groups excluding carboxylic acids is 2. The van der Waals surface area contributed by atoms with E-state index < -0.39 is 18.2 Å². The van der Waals surface area contributed by atoms with Crippen LogP contribution in [-0.4, -0.2) is 29.6 Å². The van der Waals surface area contributed by atoms with Gasteiger partial charge < -0.3 is 15.2 Å². The highest BCUT2D eigenvalue weighted by molar-refractivity contribution is 5.88. The van der Waals surface area contributed by atoms with Crippen LogP contribution in [0.5, 0.6) is 0 Å². The molecule has 0 bridgehead atoms. The number of hydrogen-bond acceptors (Lipinski definition) is 4. The molecule has 5 nitrogen and oxygen atoms in total. The number of nitrogens with one attached hydrogen (secondary N) is 1. The Morgan fingerprint density at radius 3 is 1.96 bits per heavy atom. The third kappa shape index (κ3) is 3.46. The molecule has 24 heavy (non-hydrogen) atoms. The number of hydrogen-bond donors (Lipinski definition) is 2. The number of amides is 1. The van der Waals surface area contributed by atoms with Gasteiger partial charge in [0, 0.05) is 6.04 Å². The average Bonchev–Trinajstić information content (AvgIpc) is 3.44. The molecule has 1 amide bonds. The van der Waals surface area contributed by atoms with E-state index in [2.05, 4.69) is 5.32 Å². The van der Waals surface area contributed by atoms with Gasteiger partial charge in [0.1, 0.15) is 0 Å². The molecule has 0 aromatic heterocycles. The molecule has 1 fully saturated rings. The first-order chi connectivity index (χ1) is 11.6. The van der Waals surface area contributed by atoms with Crippen LogP contribution in [-0.2, 0) is 19.9 Å². The molecule has 2 aromatic rings. The van der Waals surface area contributed by atoms with Crippen molar-refractivity contribution >= 4 is 11.9 Å². The van der Waals surface area contributed by atoms with Crippen molar-refractivity contribution in [3.05, 3.63) is 71.8 Å². The Balaban J connectivity index is 1.81. The second-order valence-corrected chi connectivity index (χ2v) is 5.86. The van der Waals surface area contributed by atoms with Crippen LogP contribution in [0.4, 0.5) is 0 Å². The van der Waals surface area contributed by atoms with Crippen LogP contribution >= 0.6 is 0 Å². The summed E-state index contributed by atoms with van der Waals surface area (Å²) in [5, 5.41) is 13.9. The predicted molar refractivity (Wildman–Crippen MR) is 88.0 cm³/mol. The van der Waals surface area contributed by atoms with Crippen molar-refractivity contribution in [3.8, 4) is 0 Å². The second-order valence-electron chi connectivity index (χ2n) is 5.86. The maximum absolute atomic E-state index is 12.6. The van der Waals surface area contributed by atoms with E-state index in [1.165, 1.54) is 0 Å². The van der Waals surface area contributed by atoms with Gasteiger partial charge in [-0.1, -0.05) is 60.7 Å². The van der Waals surface area contributed by atoms with Crippen molar-refractivity contribution in [2.75, 3.05) is 6.61 Å². The number of carbonyl (C=O) groups is 2. The van der Waals surface area contributed by atoms with E-state index >= 15 is 0 Å². The third-order valence-electron chi connectivity index (χ3n) is 3.96. The quantitative estimate of drug-likeness (QED) is 0.793. The molecule has 124 valence electrons. The zero-order valence-electron chi connectivity index (χ0n) is 13.1. The van der Waals surface area contributed by atoms with E-state index in [0.29, 0.717) is 11.1 Å². The van der Waals surface area contributed by atoms with Crippen molar-refractivity contribution < 1.29 is 19.4 Å². The van der Waals surface area contributed by atoms with Crippen LogP contribution in [0.25, 0.3) is 0 Å². The van der Waals surface area contributed by atoms with E-state index in [9.17, 15) is 14.7 Å². The van der Waals surface area contributed by atoms with E-state index in [0.717, 1.165) is 12.8 Å². The monoisotopic (exact) mass is 325 g/mol. The molecule has 2 aromatic carbocycles. The first-order valence-electron chi connectivity index (χ1n) is 7.90. The van der Waals surface area contributed by atoms with Crippen LogP contribution in [0.1, 0.15) is 24.0 Å². The minimum absolute atomic E-state index is 0.193. The van der Waals surface area contributed by atoms with Crippen molar-refractivity contribution in [1.29, 1.82) is 0 Å². The summed E-state index contributed by atoms with van der Waals surface area (Å²) in [6, 6.07) is 17.3. The fourth-order valence-electron chi connectivity index (χ4n) is 2.49. The fourth-order valence-corrected chi connectivity index (χ4v) is 2.49. The molecule has 0 unspecified atom stereocenters. The van der Waals surface area contributed by atoms with Crippen LogP contribution in [0.15, 0.2) is 60.7 Å². The van der Waals surface area contributed by atoms with Crippen molar-refractivity contribution in [1.82, 2.24) is 5.32 Å². The number of aliphatic hydroxyl groups is 1.